The molecule has 16 heavy (non-hydrogen) atoms. The lowest BCUT2D eigenvalue weighted by atomic mass is 10.1. The van der Waals surface area contributed by atoms with Crippen molar-refractivity contribution in [3.63, 3.8) is 0 Å². The van der Waals surface area contributed by atoms with E-state index >= 15 is 0 Å². The summed E-state index contributed by atoms with van der Waals surface area (Å²) < 4.78 is 4.88. The number of rotatable bonds is 6. The summed E-state index contributed by atoms with van der Waals surface area (Å²) in [4.78, 5) is 24.0. The number of ether oxygens (including phenoxy) is 1. The molecule has 0 radical (unpaired) electrons. The topological polar surface area (TPSA) is 66.8 Å². The van der Waals surface area contributed by atoms with Crippen molar-refractivity contribution in [2.75, 3.05) is 26.8 Å². The number of carboxylic acids is 1. The quantitative estimate of drug-likeness (QED) is 0.729. The summed E-state index contributed by atoms with van der Waals surface area (Å²) in [5.74, 6) is -0.976. The molecule has 0 aliphatic heterocycles. The third-order valence-electron chi connectivity index (χ3n) is 2.91. The van der Waals surface area contributed by atoms with Gasteiger partial charge in [0, 0.05) is 19.6 Å². The predicted molar refractivity (Wildman–Crippen MR) is 58.0 cm³/mol. The lowest BCUT2D eigenvalue weighted by molar-refractivity contribution is -0.146. The van der Waals surface area contributed by atoms with Crippen LogP contribution in [0.15, 0.2) is 0 Å². The largest absolute Gasteiger partial charge is 0.480 e. The highest BCUT2D eigenvalue weighted by Gasteiger charge is 2.27. The summed E-state index contributed by atoms with van der Waals surface area (Å²) in [5.41, 5.74) is 0. The minimum absolute atomic E-state index is 0.0243. The molecule has 0 heterocycles. The summed E-state index contributed by atoms with van der Waals surface area (Å²) in [6, 6.07) is 0. The SMILES string of the molecule is COCCN(CC(=O)O)C(=O)C1CCCC1. The van der Waals surface area contributed by atoms with Gasteiger partial charge in [-0.05, 0) is 12.8 Å². The molecule has 1 aliphatic carbocycles. The van der Waals surface area contributed by atoms with E-state index in [4.69, 9.17) is 9.84 Å². The molecule has 92 valence electrons. The molecule has 0 spiro atoms. The monoisotopic (exact) mass is 229 g/mol. The second kappa shape index (κ2) is 6.48. The third-order valence-corrected chi connectivity index (χ3v) is 2.91. The second-order valence-corrected chi connectivity index (χ2v) is 4.13. The molecule has 0 aromatic carbocycles. The van der Waals surface area contributed by atoms with Crippen LogP contribution >= 0.6 is 0 Å². The van der Waals surface area contributed by atoms with Gasteiger partial charge < -0.3 is 14.7 Å². The standard InChI is InChI=1S/C11H19NO4/c1-16-7-6-12(8-10(13)14)11(15)9-4-2-3-5-9/h9H,2-8H2,1H3,(H,13,14). The van der Waals surface area contributed by atoms with Gasteiger partial charge in [0.2, 0.25) is 5.91 Å². The number of methoxy groups -OCH3 is 1. The van der Waals surface area contributed by atoms with Gasteiger partial charge in [-0.3, -0.25) is 9.59 Å². The second-order valence-electron chi connectivity index (χ2n) is 4.13. The van der Waals surface area contributed by atoms with Crippen molar-refractivity contribution in [1.82, 2.24) is 4.90 Å². The van der Waals surface area contributed by atoms with E-state index in [0.29, 0.717) is 13.2 Å². The van der Waals surface area contributed by atoms with Gasteiger partial charge in [0.05, 0.1) is 6.61 Å². The van der Waals surface area contributed by atoms with Crippen LogP contribution in [0.25, 0.3) is 0 Å². The summed E-state index contributed by atoms with van der Waals surface area (Å²) in [6.45, 7) is 0.516. The van der Waals surface area contributed by atoms with Gasteiger partial charge in [-0.1, -0.05) is 12.8 Å². The Morgan fingerprint density at radius 2 is 2.00 bits per heavy atom. The Bertz CT molecular complexity index is 248. The van der Waals surface area contributed by atoms with Crippen LogP contribution in [0, 0.1) is 5.92 Å². The maximum Gasteiger partial charge on any atom is 0.323 e. The average Bonchev–Trinajstić information content (AvgIpc) is 2.76. The zero-order chi connectivity index (χ0) is 12.0. The number of amides is 1. The van der Waals surface area contributed by atoms with Crippen LogP contribution in [0.4, 0.5) is 0 Å². The van der Waals surface area contributed by atoms with Crippen molar-refractivity contribution in [2.45, 2.75) is 25.7 Å². The van der Waals surface area contributed by atoms with E-state index < -0.39 is 5.97 Å². The Morgan fingerprint density at radius 3 is 2.50 bits per heavy atom. The average molecular weight is 229 g/mol. The Kier molecular flexibility index (Phi) is 5.25. The Balaban J connectivity index is 2.51. The lowest BCUT2D eigenvalue weighted by Gasteiger charge is -2.23. The Morgan fingerprint density at radius 1 is 1.38 bits per heavy atom. The first-order valence-corrected chi connectivity index (χ1v) is 5.64. The number of hydrogen-bond donors (Lipinski definition) is 1. The fraction of sp³-hybridized carbons (Fsp3) is 0.818. The van der Waals surface area contributed by atoms with Crippen LogP contribution in [0.2, 0.25) is 0 Å². The maximum atomic E-state index is 12.0. The number of nitrogens with zero attached hydrogens (tertiary/aromatic N) is 1. The van der Waals surface area contributed by atoms with E-state index in [9.17, 15) is 9.59 Å². The Hall–Kier alpha value is -1.10. The molecule has 0 aromatic rings. The minimum Gasteiger partial charge on any atom is -0.480 e. The normalized spacial score (nSPS) is 16.3. The fourth-order valence-electron chi connectivity index (χ4n) is 2.06. The van der Waals surface area contributed by atoms with Crippen molar-refractivity contribution >= 4 is 11.9 Å². The molecule has 0 saturated heterocycles. The molecule has 1 rings (SSSR count). The maximum absolute atomic E-state index is 12.0. The third kappa shape index (κ3) is 3.81. The lowest BCUT2D eigenvalue weighted by Crippen LogP contribution is -2.40. The number of carbonyl (C=O) groups excluding carboxylic acids is 1. The number of carbonyl (C=O) groups is 2. The van der Waals surface area contributed by atoms with Crippen molar-refractivity contribution < 1.29 is 19.4 Å². The van der Waals surface area contributed by atoms with Gasteiger partial charge in [-0.2, -0.15) is 0 Å². The smallest absolute Gasteiger partial charge is 0.323 e. The van der Waals surface area contributed by atoms with E-state index in [2.05, 4.69) is 0 Å². The first kappa shape index (κ1) is 13.0. The molecule has 0 atom stereocenters. The van der Waals surface area contributed by atoms with E-state index in [0.717, 1.165) is 25.7 Å². The molecule has 5 heteroatoms. The molecule has 0 bridgehead atoms. The van der Waals surface area contributed by atoms with Crippen LogP contribution in [0.5, 0.6) is 0 Å². The molecule has 0 aromatic heterocycles. The zero-order valence-corrected chi connectivity index (χ0v) is 9.65. The van der Waals surface area contributed by atoms with Gasteiger partial charge in [0.15, 0.2) is 0 Å². The van der Waals surface area contributed by atoms with E-state index in [1.54, 1.807) is 7.11 Å². The molecule has 1 N–H and O–H groups in total. The van der Waals surface area contributed by atoms with Crippen LogP contribution in [0.3, 0.4) is 0 Å². The van der Waals surface area contributed by atoms with E-state index in [1.807, 2.05) is 0 Å². The minimum atomic E-state index is -0.970. The van der Waals surface area contributed by atoms with E-state index in [1.165, 1.54) is 4.90 Å². The van der Waals surface area contributed by atoms with Crippen LogP contribution in [-0.4, -0.2) is 48.7 Å². The number of aliphatic carboxylic acids is 1. The van der Waals surface area contributed by atoms with Crippen molar-refractivity contribution in [2.24, 2.45) is 5.92 Å². The van der Waals surface area contributed by atoms with Crippen molar-refractivity contribution in [1.29, 1.82) is 0 Å². The summed E-state index contributed by atoms with van der Waals surface area (Å²) >= 11 is 0. The van der Waals surface area contributed by atoms with Gasteiger partial charge in [0.25, 0.3) is 0 Å². The molecule has 1 aliphatic rings. The highest BCUT2D eigenvalue weighted by molar-refractivity contribution is 5.83. The van der Waals surface area contributed by atoms with Crippen LogP contribution < -0.4 is 0 Å². The molecule has 5 nitrogen and oxygen atoms in total. The molecule has 1 fully saturated rings. The molecule has 0 unspecified atom stereocenters. The van der Waals surface area contributed by atoms with Crippen molar-refractivity contribution in [3.8, 4) is 0 Å². The summed E-state index contributed by atoms with van der Waals surface area (Å²) in [7, 11) is 1.54. The first-order valence-electron chi connectivity index (χ1n) is 5.64. The van der Waals surface area contributed by atoms with Gasteiger partial charge in [-0.15, -0.1) is 0 Å². The van der Waals surface area contributed by atoms with Gasteiger partial charge in [-0.25, -0.2) is 0 Å². The predicted octanol–water partition coefficient (Wildman–Crippen LogP) is 0.736. The molecule has 1 saturated carbocycles. The van der Waals surface area contributed by atoms with E-state index in [-0.39, 0.29) is 18.4 Å². The first-order chi connectivity index (χ1) is 7.65. The Labute approximate surface area is 95.4 Å². The van der Waals surface area contributed by atoms with Crippen molar-refractivity contribution in [3.05, 3.63) is 0 Å². The van der Waals surface area contributed by atoms with Crippen LogP contribution in [0.1, 0.15) is 25.7 Å². The summed E-state index contributed by atoms with van der Waals surface area (Å²) in [6.07, 6.45) is 3.92. The van der Waals surface area contributed by atoms with Gasteiger partial charge >= 0.3 is 5.97 Å². The molecular weight excluding hydrogens is 210 g/mol. The molecular formula is C11H19NO4. The fourth-order valence-corrected chi connectivity index (χ4v) is 2.06. The van der Waals surface area contributed by atoms with Gasteiger partial charge in [0.1, 0.15) is 6.54 Å². The van der Waals surface area contributed by atoms with Crippen LogP contribution in [-0.2, 0) is 14.3 Å². The molecule has 1 amide bonds. The number of hydrogen-bond acceptors (Lipinski definition) is 3. The highest BCUT2D eigenvalue weighted by atomic mass is 16.5. The zero-order valence-electron chi connectivity index (χ0n) is 9.65. The summed E-state index contributed by atoms with van der Waals surface area (Å²) in [5, 5.41) is 8.74. The number of carboxylic acid groups (broad SMARTS) is 1. The highest BCUT2D eigenvalue weighted by Crippen LogP contribution is 2.26.